The molecule has 190 valence electrons. The Hall–Kier alpha value is -2.38. The van der Waals surface area contributed by atoms with Crippen LogP contribution < -0.4 is 0 Å². The summed E-state index contributed by atoms with van der Waals surface area (Å²) in [5.41, 5.74) is 1.93. The summed E-state index contributed by atoms with van der Waals surface area (Å²) in [4.78, 5) is 23.2. The van der Waals surface area contributed by atoms with Crippen LogP contribution in [0.1, 0.15) is 17.5 Å². The van der Waals surface area contributed by atoms with Crippen LogP contribution in [-0.4, -0.2) is 66.9 Å². The zero-order valence-corrected chi connectivity index (χ0v) is 22.6. The molecule has 2 aromatic rings. The minimum atomic E-state index is -0.681. The zero-order valence-electron chi connectivity index (χ0n) is 19.4. The monoisotopic (exact) mass is 565 g/mol. The van der Waals surface area contributed by atoms with E-state index in [4.69, 9.17) is 34.9 Å². The third-order valence-electron chi connectivity index (χ3n) is 4.64. The normalized spacial score (nSPS) is 11.4. The van der Waals surface area contributed by atoms with E-state index in [0.29, 0.717) is 52.4 Å². The first-order chi connectivity index (χ1) is 17.4. The average molecular weight is 567 g/mol. The fourth-order valence-electron chi connectivity index (χ4n) is 3.05. The molecule has 0 atom stereocenters. The van der Waals surface area contributed by atoms with E-state index >= 15 is 0 Å². The number of terminal acetylenes is 1. The summed E-state index contributed by atoms with van der Waals surface area (Å²) in [6.45, 7) is 3.16. The number of hydrogen-bond acceptors (Lipinski definition) is 9. The van der Waals surface area contributed by atoms with Crippen LogP contribution in [0.4, 0.5) is 0 Å². The van der Waals surface area contributed by atoms with Crippen molar-refractivity contribution in [1.29, 1.82) is 5.26 Å². The quantitative estimate of drug-likeness (QED) is 0.0472. The SMILES string of the molecule is C#CCN(CCCS/C(=N\[N+](=O)[O-])SCCN(CC#N)Cc1ccc(Cl)nc1)Cc1ccc(Cl)nc1. The van der Waals surface area contributed by atoms with Gasteiger partial charge in [-0.1, -0.05) is 64.8 Å². The number of nitrogens with zero attached hydrogens (tertiary/aromatic N) is 7. The van der Waals surface area contributed by atoms with Crippen molar-refractivity contribution in [3.05, 3.63) is 68.2 Å². The van der Waals surface area contributed by atoms with Gasteiger partial charge in [0.05, 0.1) is 24.3 Å². The smallest absolute Gasteiger partial charge is 0.203 e. The Balaban J connectivity index is 1.81. The highest BCUT2D eigenvalue weighted by Gasteiger charge is 2.12. The van der Waals surface area contributed by atoms with E-state index in [1.165, 1.54) is 23.5 Å². The van der Waals surface area contributed by atoms with E-state index in [1.807, 2.05) is 17.0 Å². The highest BCUT2D eigenvalue weighted by atomic mass is 35.5. The molecule has 0 aliphatic carbocycles. The predicted molar refractivity (Wildman–Crippen MR) is 147 cm³/mol. The molecule has 0 bridgehead atoms. The molecule has 0 spiro atoms. The molecular formula is C23H25Cl2N7O2S2. The Morgan fingerprint density at radius 1 is 1.03 bits per heavy atom. The van der Waals surface area contributed by atoms with Crippen LogP contribution in [0.25, 0.3) is 0 Å². The number of hydrogen-bond donors (Lipinski definition) is 0. The number of hydrazone groups is 1. The molecule has 0 saturated carbocycles. The summed E-state index contributed by atoms with van der Waals surface area (Å²) in [5.74, 6) is 3.86. The largest absolute Gasteiger partial charge is 0.288 e. The molecule has 36 heavy (non-hydrogen) atoms. The van der Waals surface area contributed by atoms with Crippen molar-refractivity contribution in [2.45, 2.75) is 19.5 Å². The van der Waals surface area contributed by atoms with Crippen LogP contribution in [0.2, 0.25) is 10.3 Å². The molecule has 0 aliphatic rings. The standard InChI is InChI=1S/C23H25Cl2N7O2S2/c1-2-9-30(17-19-4-6-21(24)27-15-19)10-3-13-35-23(29-32(33)34)36-14-12-31(11-8-26)18-20-5-7-22(25)28-16-20/h1,4-7,15-16H,3,9-14,17-18H2/b29-23+. The van der Waals surface area contributed by atoms with E-state index in [0.717, 1.165) is 24.1 Å². The van der Waals surface area contributed by atoms with Gasteiger partial charge < -0.3 is 0 Å². The highest BCUT2D eigenvalue weighted by molar-refractivity contribution is 8.38. The zero-order chi connectivity index (χ0) is 26.2. The maximum atomic E-state index is 11.0. The topological polar surface area (TPSA) is 112 Å². The molecule has 0 unspecified atom stereocenters. The average Bonchev–Trinajstić information content (AvgIpc) is 2.84. The molecule has 0 fully saturated rings. The second-order valence-electron chi connectivity index (χ2n) is 7.42. The van der Waals surface area contributed by atoms with Crippen LogP contribution in [0.5, 0.6) is 0 Å². The number of nitriles is 1. The first kappa shape index (κ1) is 29.8. The Labute approximate surface area is 229 Å². The van der Waals surface area contributed by atoms with Crippen molar-refractivity contribution in [3.63, 3.8) is 0 Å². The Morgan fingerprint density at radius 2 is 1.61 bits per heavy atom. The molecular weight excluding hydrogens is 541 g/mol. The van der Waals surface area contributed by atoms with Gasteiger partial charge in [-0.15, -0.1) is 6.42 Å². The molecule has 2 aromatic heterocycles. The molecule has 0 radical (unpaired) electrons. The van der Waals surface area contributed by atoms with Crippen molar-refractivity contribution < 1.29 is 5.03 Å². The third-order valence-corrected chi connectivity index (χ3v) is 7.33. The number of pyridine rings is 2. The Kier molecular flexibility index (Phi) is 14.2. The van der Waals surface area contributed by atoms with Crippen LogP contribution in [0, 0.1) is 33.8 Å². The molecule has 0 amide bonds. The first-order valence-electron chi connectivity index (χ1n) is 10.8. The lowest BCUT2D eigenvalue weighted by Crippen LogP contribution is -2.26. The van der Waals surface area contributed by atoms with Crippen molar-refractivity contribution in [1.82, 2.24) is 19.8 Å². The third kappa shape index (κ3) is 12.5. The number of rotatable bonds is 14. The lowest BCUT2D eigenvalue weighted by molar-refractivity contribution is -0.484. The number of aromatic nitrogens is 2. The second-order valence-corrected chi connectivity index (χ2v) is 10.6. The molecule has 2 rings (SSSR count). The Bertz CT molecular complexity index is 1070. The van der Waals surface area contributed by atoms with Gasteiger partial charge in [0, 0.05) is 50.1 Å². The van der Waals surface area contributed by atoms with Crippen LogP contribution >= 0.6 is 46.7 Å². The Morgan fingerprint density at radius 3 is 2.11 bits per heavy atom. The van der Waals surface area contributed by atoms with Crippen molar-refractivity contribution in [2.75, 3.05) is 37.7 Å². The van der Waals surface area contributed by atoms with Gasteiger partial charge in [0.1, 0.15) is 10.3 Å². The lowest BCUT2D eigenvalue weighted by atomic mass is 10.2. The molecule has 0 aliphatic heterocycles. The predicted octanol–water partition coefficient (Wildman–Crippen LogP) is 4.65. The molecule has 9 nitrogen and oxygen atoms in total. The van der Waals surface area contributed by atoms with Gasteiger partial charge >= 0.3 is 0 Å². The van der Waals surface area contributed by atoms with Gasteiger partial charge in [0.15, 0.2) is 5.03 Å². The van der Waals surface area contributed by atoms with Crippen molar-refractivity contribution in [3.8, 4) is 18.4 Å². The maximum Gasteiger partial charge on any atom is 0.203 e. The maximum absolute atomic E-state index is 11.0. The molecule has 13 heteroatoms. The van der Waals surface area contributed by atoms with E-state index in [-0.39, 0.29) is 6.54 Å². The second kappa shape index (κ2) is 17.1. The number of thioether (sulfide) groups is 2. The molecule has 0 N–H and O–H groups in total. The van der Waals surface area contributed by atoms with Gasteiger partial charge in [0.25, 0.3) is 0 Å². The molecule has 0 saturated heterocycles. The van der Waals surface area contributed by atoms with Gasteiger partial charge in [-0.05, 0) is 29.7 Å². The lowest BCUT2D eigenvalue weighted by Gasteiger charge is -2.20. The highest BCUT2D eigenvalue weighted by Crippen LogP contribution is 2.20. The van der Waals surface area contributed by atoms with Crippen molar-refractivity contribution in [2.24, 2.45) is 5.10 Å². The van der Waals surface area contributed by atoms with Crippen molar-refractivity contribution >= 4 is 51.1 Å². The van der Waals surface area contributed by atoms with E-state index < -0.39 is 5.03 Å². The minimum Gasteiger partial charge on any atom is -0.288 e. The van der Waals surface area contributed by atoms with Crippen LogP contribution in [0.3, 0.4) is 0 Å². The van der Waals surface area contributed by atoms with Crippen LogP contribution in [-0.2, 0) is 13.1 Å². The summed E-state index contributed by atoms with van der Waals surface area (Å²) < 4.78 is 0.385. The van der Waals surface area contributed by atoms with Gasteiger partial charge in [-0.25, -0.2) is 20.1 Å². The first-order valence-corrected chi connectivity index (χ1v) is 13.6. The molecule has 0 aromatic carbocycles. The van der Waals surface area contributed by atoms with E-state index in [1.54, 1.807) is 24.5 Å². The van der Waals surface area contributed by atoms with Gasteiger partial charge in [-0.3, -0.25) is 9.80 Å². The summed E-state index contributed by atoms with van der Waals surface area (Å²) in [7, 11) is 0. The fourth-order valence-corrected chi connectivity index (χ4v) is 5.33. The number of nitro groups is 1. The number of halogens is 2. The fraction of sp³-hybridized carbons (Fsp3) is 0.391. The van der Waals surface area contributed by atoms with E-state index in [2.05, 4.69) is 32.0 Å². The van der Waals surface area contributed by atoms with Gasteiger partial charge in [-0.2, -0.15) is 5.26 Å². The summed E-state index contributed by atoms with van der Waals surface area (Å²) in [6, 6.07) is 9.35. The van der Waals surface area contributed by atoms with E-state index in [9.17, 15) is 10.1 Å². The summed E-state index contributed by atoms with van der Waals surface area (Å²) in [5, 5.41) is 23.8. The minimum absolute atomic E-state index is 0.228. The van der Waals surface area contributed by atoms with Crippen LogP contribution in [0.15, 0.2) is 41.8 Å². The summed E-state index contributed by atoms with van der Waals surface area (Å²) >= 11 is 14.3. The van der Waals surface area contributed by atoms with Gasteiger partial charge in [0.2, 0.25) is 4.38 Å². The summed E-state index contributed by atoms with van der Waals surface area (Å²) in [6.07, 6.45) is 9.67. The molecule has 2 heterocycles.